The lowest BCUT2D eigenvalue weighted by Gasteiger charge is -2.28. The third-order valence-corrected chi connectivity index (χ3v) is 3.99. The van der Waals surface area contributed by atoms with Gasteiger partial charge in [0.2, 0.25) is 0 Å². The van der Waals surface area contributed by atoms with E-state index >= 15 is 0 Å². The lowest BCUT2D eigenvalue weighted by molar-refractivity contribution is 0.0944. The van der Waals surface area contributed by atoms with E-state index in [9.17, 15) is 4.79 Å². The Bertz CT molecular complexity index is 710. The highest BCUT2D eigenvalue weighted by Gasteiger charge is 2.14. The van der Waals surface area contributed by atoms with Crippen molar-refractivity contribution < 1.29 is 4.79 Å². The summed E-state index contributed by atoms with van der Waals surface area (Å²) in [7, 11) is 0. The smallest absolute Gasteiger partial charge is 0.271 e. The van der Waals surface area contributed by atoms with E-state index in [1.165, 1.54) is 25.5 Å². The van der Waals surface area contributed by atoms with Gasteiger partial charge in [0.1, 0.15) is 17.3 Å². The van der Waals surface area contributed by atoms with E-state index in [1.807, 2.05) is 19.9 Å². The van der Waals surface area contributed by atoms with Gasteiger partial charge in [0, 0.05) is 31.0 Å². The van der Waals surface area contributed by atoms with Crippen molar-refractivity contribution in [2.75, 3.05) is 18.0 Å². The molecule has 3 heterocycles. The molecule has 1 N–H and O–H groups in total. The van der Waals surface area contributed by atoms with E-state index in [4.69, 9.17) is 0 Å². The van der Waals surface area contributed by atoms with E-state index in [-0.39, 0.29) is 12.5 Å². The van der Waals surface area contributed by atoms with Gasteiger partial charge in [0.25, 0.3) is 5.91 Å². The van der Waals surface area contributed by atoms with E-state index < -0.39 is 0 Å². The highest BCUT2D eigenvalue weighted by Crippen LogP contribution is 2.18. The van der Waals surface area contributed by atoms with E-state index in [0.717, 1.165) is 30.3 Å². The Morgan fingerprint density at radius 2 is 1.88 bits per heavy atom. The van der Waals surface area contributed by atoms with Crippen LogP contribution in [0.25, 0.3) is 0 Å². The molecule has 1 aliphatic heterocycles. The minimum Gasteiger partial charge on any atom is -0.357 e. The lowest BCUT2D eigenvalue weighted by Crippen LogP contribution is -2.31. The molecule has 2 aromatic heterocycles. The molecule has 0 bridgehead atoms. The number of carbonyl (C=O) groups excluding carboxylic acids is 1. The maximum Gasteiger partial charge on any atom is 0.271 e. The fraction of sp³-hybridized carbons (Fsp3) is 0.471. The minimum atomic E-state index is -0.271. The lowest BCUT2D eigenvalue weighted by atomic mass is 10.1. The average Bonchev–Trinajstić information content (AvgIpc) is 2.60. The number of rotatable bonds is 4. The Labute approximate surface area is 141 Å². The van der Waals surface area contributed by atoms with Crippen LogP contribution in [0.4, 0.5) is 5.82 Å². The van der Waals surface area contributed by atoms with Crippen LogP contribution in [0.3, 0.4) is 0 Å². The van der Waals surface area contributed by atoms with Crippen molar-refractivity contribution in [3.63, 3.8) is 0 Å². The van der Waals surface area contributed by atoms with Crippen molar-refractivity contribution in [2.45, 2.75) is 39.7 Å². The maximum absolute atomic E-state index is 12.1. The summed E-state index contributed by atoms with van der Waals surface area (Å²) < 4.78 is 0. The normalized spacial score (nSPS) is 14.5. The number of amides is 1. The molecule has 1 saturated heterocycles. The molecule has 7 heteroatoms. The third kappa shape index (κ3) is 4.04. The first-order chi connectivity index (χ1) is 11.6. The van der Waals surface area contributed by atoms with Gasteiger partial charge in [-0.25, -0.2) is 15.0 Å². The van der Waals surface area contributed by atoms with Gasteiger partial charge in [0.15, 0.2) is 0 Å². The third-order valence-electron chi connectivity index (χ3n) is 3.99. The number of carbonyl (C=O) groups is 1. The van der Waals surface area contributed by atoms with E-state index in [2.05, 4.69) is 30.2 Å². The fourth-order valence-corrected chi connectivity index (χ4v) is 2.74. The summed E-state index contributed by atoms with van der Waals surface area (Å²) in [6, 6.07) is 2.00. The van der Waals surface area contributed by atoms with Crippen molar-refractivity contribution in [1.29, 1.82) is 0 Å². The highest BCUT2D eigenvalue weighted by atomic mass is 16.1. The summed E-state index contributed by atoms with van der Waals surface area (Å²) in [6.07, 6.45) is 6.72. The van der Waals surface area contributed by atoms with Crippen LogP contribution in [0.15, 0.2) is 18.5 Å². The topological polar surface area (TPSA) is 83.9 Å². The Morgan fingerprint density at radius 3 is 2.58 bits per heavy atom. The number of nitrogens with zero attached hydrogens (tertiary/aromatic N) is 5. The molecule has 0 aliphatic carbocycles. The van der Waals surface area contributed by atoms with E-state index in [0.29, 0.717) is 11.5 Å². The number of nitrogens with one attached hydrogen (secondary N) is 1. The zero-order valence-electron chi connectivity index (χ0n) is 14.1. The predicted octanol–water partition coefficient (Wildman–Crippen LogP) is 1.80. The van der Waals surface area contributed by atoms with Crippen LogP contribution in [0, 0.1) is 13.8 Å². The standard InChI is InChI=1S/C17H22N6O/c1-12-8-16(23-6-4-3-5-7-23)22-15(21-12)11-20-17(24)14-10-18-13(2)9-19-14/h8-10H,3-7,11H2,1-2H3,(H,20,24). The molecule has 0 unspecified atom stereocenters. The van der Waals surface area contributed by atoms with Crippen molar-refractivity contribution in [1.82, 2.24) is 25.3 Å². The van der Waals surface area contributed by atoms with Crippen LogP contribution in [0.1, 0.15) is 47.0 Å². The molecule has 0 atom stereocenters. The molecular weight excluding hydrogens is 304 g/mol. The van der Waals surface area contributed by atoms with Crippen molar-refractivity contribution >= 4 is 11.7 Å². The summed E-state index contributed by atoms with van der Waals surface area (Å²) in [5, 5.41) is 2.81. The minimum absolute atomic E-state index is 0.271. The number of hydrogen-bond acceptors (Lipinski definition) is 6. The van der Waals surface area contributed by atoms with Crippen molar-refractivity contribution in [2.24, 2.45) is 0 Å². The molecule has 1 aliphatic rings. The molecule has 7 nitrogen and oxygen atoms in total. The van der Waals surface area contributed by atoms with Crippen LogP contribution in [0.2, 0.25) is 0 Å². The van der Waals surface area contributed by atoms with Crippen LogP contribution in [-0.2, 0) is 6.54 Å². The fourth-order valence-electron chi connectivity index (χ4n) is 2.74. The van der Waals surface area contributed by atoms with Crippen LogP contribution in [-0.4, -0.2) is 38.9 Å². The highest BCUT2D eigenvalue weighted by molar-refractivity contribution is 5.91. The summed E-state index contributed by atoms with van der Waals surface area (Å²) in [5.41, 5.74) is 1.98. The molecule has 1 amide bonds. The van der Waals surface area contributed by atoms with Gasteiger partial charge in [-0.15, -0.1) is 0 Å². The molecule has 3 rings (SSSR count). The largest absolute Gasteiger partial charge is 0.357 e. The number of hydrogen-bond donors (Lipinski definition) is 1. The zero-order chi connectivity index (χ0) is 16.9. The molecule has 0 spiro atoms. The van der Waals surface area contributed by atoms with Gasteiger partial charge in [-0.3, -0.25) is 9.78 Å². The van der Waals surface area contributed by atoms with E-state index in [1.54, 1.807) is 6.20 Å². The summed E-state index contributed by atoms with van der Waals surface area (Å²) in [5.74, 6) is 1.29. The number of piperidine rings is 1. The molecule has 2 aromatic rings. The van der Waals surface area contributed by atoms with Crippen molar-refractivity contribution in [3.8, 4) is 0 Å². The second kappa shape index (κ2) is 7.33. The molecular formula is C17H22N6O. The molecule has 126 valence electrons. The summed E-state index contributed by atoms with van der Waals surface area (Å²) in [4.78, 5) is 31.6. The van der Waals surface area contributed by atoms with Gasteiger partial charge in [-0.2, -0.15) is 0 Å². The summed E-state index contributed by atoms with van der Waals surface area (Å²) in [6.45, 7) is 6.11. The first kappa shape index (κ1) is 16.3. The molecule has 0 aromatic carbocycles. The SMILES string of the molecule is Cc1cnc(C(=O)NCc2nc(C)cc(N3CCCCC3)n2)cn1. The van der Waals surface area contributed by atoms with Gasteiger partial charge in [-0.05, 0) is 33.1 Å². The molecule has 0 saturated carbocycles. The Morgan fingerprint density at radius 1 is 1.08 bits per heavy atom. The average molecular weight is 326 g/mol. The van der Waals surface area contributed by atoms with Crippen LogP contribution < -0.4 is 10.2 Å². The quantitative estimate of drug-likeness (QED) is 0.922. The van der Waals surface area contributed by atoms with Crippen LogP contribution in [0.5, 0.6) is 0 Å². The number of aryl methyl sites for hydroxylation is 2. The first-order valence-corrected chi connectivity index (χ1v) is 8.28. The van der Waals surface area contributed by atoms with Crippen molar-refractivity contribution in [3.05, 3.63) is 41.4 Å². The Hall–Kier alpha value is -2.57. The Balaban J connectivity index is 1.67. The second-order valence-electron chi connectivity index (χ2n) is 6.06. The van der Waals surface area contributed by atoms with Gasteiger partial charge in [0.05, 0.1) is 18.4 Å². The molecule has 1 fully saturated rings. The van der Waals surface area contributed by atoms with Gasteiger partial charge in [-0.1, -0.05) is 0 Å². The predicted molar refractivity (Wildman–Crippen MR) is 90.8 cm³/mol. The number of aromatic nitrogens is 4. The monoisotopic (exact) mass is 326 g/mol. The zero-order valence-corrected chi connectivity index (χ0v) is 14.1. The molecule has 0 radical (unpaired) electrons. The Kier molecular flexibility index (Phi) is 4.98. The first-order valence-electron chi connectivity index (χ1n) is 8.28. The maximum atomic E-state index is 12.1. The van der Waals surface area contributed by atoms with Gasteiger partial charge >= 0.3 is 0 Å². The second-order valence-corrected chi connectivity index (χ2v) is 6.06. The molecule has 24 heavy (non-hydrogen) atoms. The van der Waals surface area contributed by atoms with Crippen LogP contribution >= 0.6 is 0 Å². The number of anilines is 1. The summed E-state index contributed by atoms with van der Waals surface area (Å²) >= 11 is 0. The van der Waals surface area contributed by atoms with Gasteiger partial charge < -0.3 is 10.2 Å².